The Morgan fingerprint density at radius 2 is 1.59 bits per heavy atom. The van der Waals surface area contributed by atoms with Gasteiger partial charge in [-0.2, -0.15) is 0 Å². The van der Waals surface area contributed by atoms with Crippen LogP contribution in [-0.4, -0.2) is 47.4 Å². The number of carbonyl (C=O) groups excluding carboxylic acids is 3. The summed E-state index contributed by atoms with van der Waals surface area (Å²) in [6.45, 7) is 1.97. The molecule has 0 aromatic heterocycles. The summed E-state index contributed by atoms with van der Waals surface area (Å²) in [7, 11) is 0. The van der Waals surface area contributed by atoms with E-state index in [0.717, 1.165) is 16.7 Å². The van der Waals surface area contributed by atoms with Crippen LogP contribution in [0.1, 0.15) is 33.2 Å². The molecule has 5 rings (SSSR count). The molecule has 188 valence electrons. The Balaban J connectivity index is 1.38. The fourth-order valence-electron chi connectivity index (χ4n) is 4.45. The number of nitrogens with one attached hydrogen (secondary N) is 1. The quantitative estimate of drug-likeness (QED) is 0.290. The van der Waals surface area contributed by atoms with Gasteiger partial charge in [0.25, 0.3) is 11.8 Å². The summed E-state index contributed by atoms with van der Waals surface area (Å²) in [4.78, 5) is 40.7. The van der Waals surface area contributed by atoms with Crippen molar-refractivity contribution >= 4 is 29.4 Å². The highest BCUT2D eigenvalue weighted by molar-refractivity contribution is 6.20. The normalized spacial score (nSPS) is 18.8. The summed E-state index contributed by atoms with van der Waals surface area (Å²) in [5.41, 5.74) is 3.53. The largest absolute Gasteiger partial charge is 0.448 e. The highest BCUT2D eigenvalue weighted by atomic mass is 35.5. The van der Waals surface area contributed by atoms with Crippen LogP contribution in [0, 0.1) is 6.92 Å². The number of benzene rings is 3. The van der Waals surface area contributed by atoms with Crippen LogP contribution in [0.3, 0.4) is 0 Å². The first-order valence-electron chi connectivity index (χ1n) is 11.9. The number of aryl methyl sites for hydroxylation is 1. The molecule has 3 aromatic carbocycles. The Bertz CT molecular complexity index is 1300. The van der Waals surface area contributed by atoms with Gasteiger partial charge in [0, 0.05) is 17.0 Å². The van der Waals surface area contributed by atoms with Gasteiger partial charge in [0.2, 0.25) is 0 Å². The minimum absolute atomic E-state index is 0.0112. The Hall–Kier alpha value is -3.94. The molecule has 0 aliphatic carbocycles. The maximum Gasteiger partial charge on any atom is 0.356 e. The van der Waals surface area contributed by atoms with Gasteiger partial charge in [-0.3, -0.25) is 14.5 Å². The Morgan fingerprint density at radius 1 is 1.00 bits per heavy atom. The number of β-lactam (4-membered cyclic amide) rings is 1. The molecule has 1 N–H and O–H groups in total. The van der Waals surface area contributed by atoms with Gasteiger partial charge < -0.3 is 14.8 Å². The van der Waals surface area contributed by atoms with Gasteiger partial charge >= 0.3 is 5.97 Å². The van der Waals surface area contributed by atoms with Crippen molar-refractivity contribution in [2.45, 2.75) is 25.3 Å². The van der Waals surface area contributed by atoms with E-state index in [1.54, 1.807) is 12.1 Å². The number of fused-ring (bicyclic) bond motifs is 1. The Kier molecular flexibility index (Phi) is 7.08. The predicted molar refractivity (Wildman–Crippen MR) is 138 cm³/mol. The van der Waals surface area contributed by atoms with Gasteiger partial charge in [-0.1, -0.05) is 78.4 Å². The number of amides is 2. The second-order valence-corrected chi connectivity index (χ2v) is 9.19. The van der Waals surface area contributed by atoms with Crippen molar-refractivity contribution in [1.82, 2.24) is 10.2 Å². The van der Waals surface area contributed by atoms with Crippen LogP contribution in [0.5, 0.6) is 0 Å². The van der Waals surface area contributed by atoms with Gasteiger partial charge in [-0.05, 0) is 30.2 Å². The van der Waals surface area contributed by atoms with Crippen molar-refractivity contribution in [2.75, 3.05) is 12.5 Å². The summed E-state index contributed by atoms with van der Waals surface area (Å²) in [5, 5.41) is 2.72. The summed E-state index contributed by atoms with van der Waals surface area (Å²) in [6.07, 6.45) is -1.52. The minimum atomic E-state index is -0.924. The van der Waals surface area contributed by atoms with Crippen molar-refractivity contribution in [3.8, 4) is 0 Å². The minimum Gasteiger partial charge on any atom is -0.448 e. The van der Waals surface area contributed by atoms with Crippen LogP contribution < -0.4 is 5.32 Å². The molecule has 0 saturated carbocycles. The number of esters is 1. The number of rotatable bonds is 7. The second kappa shape index (κ2) is 10.6. The van der Waals surface area contributed by atoms with Crippen LogP contribution >= 0.6 is 11.6 Å². The summed E-state index contributed by atoms with van der Waals surface area (Å²) in [5.74, 6) is -1.55. The van der Waals surface area contributed by atoms with Gasteiger partial charge in [-0.25, -0.2) is 4.79 Å². The molecule has 1 fully saturated rings. The maximum atomic E-state index is 13.6. The molecule has 1 saturated heterocycles. The van der Waals surface area contributed by atoms with E-state index in [1.165, 1.54) is 4.90 Å². The van der Waals surface area contributed by atoms with Crippen LogP contribution in [0.25, 0.3) is 0 Å². The van der Waals surface area contributed by atoms with E-state index < -0.39 is 36.2 Å². The lowest BCUT2D eigenvalue weighted by molar-refractivity contribution is -0.184. The number of halogens is 1. The molecule has 0 bridgehead atoms. The number of alkyl halides is 1. The SMILES string of the molecule is Cc1ccc(C(=O)N[C@H]2C(=O)N3C(C(=O)OC(c4ccccc4)c4ccccc4)=C(CCl)COC23)cc1. The van der Waals surface area contributed by atoms with E-state index >= 15 is 0 Å². The van der Waals surface area contributed by atoms with E-state index in [9.17, 15) is 14.4 Å². The summed E-state index contributed by atoms with van der Waals surface area (Å²) in [6, 6.07) is 24.8. The number of carbonyl (C=O) groups is 3. The predicted octanol–water partition coefficient (Wildman–Crippen LogP) is 4.12. The monoisotopic (exact) mass is 516 g/mol. The first-order chi connectivity index (χ1) is 18.0. The highest BCUT2D eigenvalue weighted by Gasteiger charge is 2.55. The molecule has 7 nitrogen and oxygen atoms in total. The van der Waals surface area contributed by atoms with E-state index in [0.29, 0.717) is 11.1 Å². The van der Waals surface area contributed by atoms with Crippen molar-refractivity contribution in [3.05, 3.63) is 118 Å². The zero-order valence-electron chi connectivity index (χ0n) is 20.1. The van der Waals surface area contributed by atoms with E-state index in [2.05, 4.69) is 5.32 Å². The van der Waals surface area contributed by atoms with Gasteiger partial charge in [-0.15, -0.1) is 11.6 Å². The molecular weight excluding hydrogens is 492 g/mol. The first-order valence-corrected chi connectivity index (χ1v) is 12.4. The van der Waals surface area contributed by atoms with Gasteiger partial charge in [0.1, 0.15) is 5.70 Å². The fraction of sp³-hybridized carbons (Fsp3) is 0.207. The number of hydrogen-bond acceptors (Lipinski definition) is 5. The molecule has 2 aliphatic rings. The third kappa shape index (κ3) is 4.88. The Labute approximate surface area is 219 Å². The molecule has 37 heavy (non-hydrogen) atoms. The molecule has 2 heterocycles. The van der Waals surface area contributed by atoms with Gasteiger partial charge in [0.15, 0.2) is 18.4 Å². The molecule has 3 aromatic rings. The number of nitrogens with zero attached hydrogens (tertiary/aromatic N) is 1. The molecule has 8 heteroatoms. The van der Waals surface area contributed by atoms with Crippen molar-refractivity contribution < 1.29 is 23.9 Å². The first kappa shape index (κ1) is 24.7. The lowest BCUT2D eigenvalue weighted by Gasteiger charge is -2.49. The molecule has 1 unspecified atom stereocenters. The summed E-state index contributed by atoms with van der Waals surface area (Å²) < 4.78 is 11.8. The zero-order chi connectivity index (χ0) is 25.9. The lowest BCUT2D eigenvalue weighted by atomic mass is 9.98. The van der Waals surface area contributed by atoms with Crippen LogP contribution in [-0.2, 0) is 19.1 Å². The van der Waals surface area contributed by atoms with Crippen LogP contribution in [0.4, 0.5) is 0 Å². The zero-order valence-corrected chi connectivity index (χ0v) is 20.9. The lowest BCUT2D eigenvalue weighted by Crippen LogP contribution is -2.73. The molecule has 2 atom stereocenters. The van der Waals surface area contributed by atoms with E-state index in [4.69, 9.17) is 21.1 Å². The van der Waals surface area contributed by atoms with Crippen LogP contribution in [0.15, 0.2) is 96.2 Å². The maximum absolute atomic E-state index is 13.6. The average Bonchev–Trinajstić information content (AvgIpc) is 2.94. The third-order valence-electron chi connectivity index (χ3n) is 6.43. The smallest absolute Gasteiger partial charge is 0.356 e. The molecule has 2 aliphatic heterocycles. The fourth-order valence-corrected chi connectivity index (χ4v) is 4.65. The van der Waals surface area contributed by atoms with Gasteiger partial charge in [0.05, 0.1) is 6.61 Å². The van der Waals surface area contributed by atoms with Crippen molar-refractivity contribution in [2.24, 2.45) is 0 Å². The number of ether oxygens (including phenoxy) is 2. The van der Waals surface area contributed by atoms with E-state index in [-0.39, 0.29) is 18.2 Å². The van der Waals surface area contributed by atoms with E-state index in [1.807, 2.05) is 79.7 Å². The van der Waals surface area contributed by atoms with Crippen molar-refractivity contribution in [1.29, 1.82) is 0 Å². The Morgan fingerprint density at radius 3 is 2.16 bits per heavy atom. The summed E-state index contributed by atoms with van der Waals surface area (Å²) >= 11 is 6.13. The average molecular weight is 517 g/mol. The topological polar surface area (TPSA) is 84.9 Å². The molecule has 2 amide bonds. The molecule has 0 radical (unpaired) electrons. The van der Waals surface area contributed by atoms with Crippen LogP contribution in [0.2, 0.25) is 0 Å². The van der Waals surface area contributed by atoms with Crippen molar-refractivity contribution in [3.63, 3.8) is 0 Å². The molecular formula is C29H25ClN2O5. The molecule has 0 spiro atoms. The highest BCUT2D eigenvalue weighted by Crippen LogP contribution is 2.36. The standard InChI is InChI=1S/C29H25ClN2O5/c1-18-12-14-21(15-13-18)26(33)31-23-27(34)32-24(22(16-30)17-36-28(23)32)29(35)37-25(19-8-4-2-5-9-19)20-10-6-3-7-11-20/h2-15,23,25,28H,16-17H2,1H3,(H,31,33)/t23-,28?/m0/s1. The third-order valence-corrected chi connectivity index (χ3v) is 6.75. The second-order valence-electron chi connectivity index (χ2n) is 8.92. The number of hydrogen-bond donors (Lipinski definition) is 1.